The number of hydrogen-bond acceptors (Lipinski definition) is 1. The molecule has 112 valence electrons. The molecule has 0 aliphatic carbocycles. The highest BCUT2D eigenvalue weighted by Crippen LogP contribution is 2.13. The highest BCUT2D eigenvalue weighted by molar-refractivity contribution is 5.87. The molecule has 2 heteroatoms. The molecule has 0 aliphatic heterocycles. The summed E-state index contributed by atoms with van der Waals surface area (Å²) < 4.78 is 0. The molecular formula is C18H28O2. The molecule has 0 saturated carbocycles. The second-order valence-corrected chi connectivity index (χ2v) is 5.58. The smallest absolute Gasteiger partial charge is 0.335 e. The van der Waals surface area contributed by atoms with Crippen LogP contribution in [0.15, 0.2) is 24.3 Å². The molecule has 0 spiro atoms. The van der Waals surface area contributed by atoms with Crippen molar-refractivity contribution < 1.29 is 9.90 Å². The van der Waals surface area contributed by atoms with E-state index in [9.17, 15) is 4.79 Å². The van der Waals surface area contributed by atoms with E-state index >= 15 is 0 Å². The van der Waals surface area contributed by atoms with Crippen LogP contribution in [0, 0.1) is 0 Å². The van der Waals surface area contributed by atoms with Crippen molar-refractivity contribution in [3.8, 4) is 0 Å². The van der Waals surface area contributed by atoms with Crippen molar-refractivity contribution in [3.63, 3.8) is 0 Å². The van der Waals surface area contributed by atoms with E-state index < -0.39 is 5.97 Å². The predicted octanol–water partition coefficient (Wildman–Crippen LogP) is 5.46. The van der Waals surface area contributed by atoms with Crippen LogP contribution in [0.25, 0.3) is 0 Å². The van der Waals surface area contributed by atoms with Crippen molar-refractivity contribution >= 4 is 5.97 Å². The highest BCUT2D eigenvalue weighted by Gasteiger charge is 2.02. The molecule has 0 amide bonds. The molecule has 1 aromatic carbocycles. The van der Waals surface area contributed by atoms with Gasteiger partial charge in [0, 0.05) is 0 Å². The number of aryl methyl sites for hydroxylation is 1. The largest absolute Gasteiger partial charge is 0.478 e. The van der Waals surface area contributed by atoms with Crippen molar-refractivity contribution in [2.24, 2.45) is 0 Å². The number of aromatic carboxylic acids is 1. The molecule has 1 N–H and O–H groups in total. The van der Waals surface area contributed by atoms with Crippen LogP contribution in [0.3, 0.4) is 0 Å². The average Bonchev–Trinajstić information content (AvgIpc) is 2.46. The summed E-state index contributed by atoms with van der Waals surface area (Å²) in [6.45, 7) is 2.25. The Morgan fingerprint density at radius 2 is 1.55 bits per heavy atom. The second kappa shape index (κ2) is 10.5. The molecule has 2 nitrogen and oxygen atoms in total. The van der Waals surface area contributed by atoms with Crippen LogP contribution >= 0.6 is 0 Å². The molecule has 0 radical (unpaired) electrons. The summed E-state index contributed by atoms with van der Waals surface area (Å²) in [6, 6.07) is 7.32. The molecule has 0 fully saturated rings. The zero-order valence-corrected chi connectivity index (χ0v) is 12.7. The summed E-state index contributed by atoms with van der Waals surface area (Å²) in [7, 11) is 0. The lowest BCUT2D eigenvalue weighted by molar-refractivity contribution is 0.0696. The van der Waals surface area contributed by atoms with Gasteiger partial charge in [-0.25, -0.2) is 4.79 Å². The Kier molecular flexibility index (Phi) is 8.77. The molecule has 0 aromatic heterocycles. The monoisotopic (exact) mass is 276 g/mol. The van der Waals surface area contributed by atoms with Gasteiger partial charge in [-0.2, -0.15) is 0 Å². The third-order valence-electron chi connectivity index (χ3n) is 3.74. The minimum Gasteiger partial charge on any atom is -0.478 e. The van der Waals surface area contributed by atoms with Gasteiger partial charge in [-0.05, 0) is 30.5 Å². The second-order valence-electron chi connectivity index (χ2n) is 5.58. The number of carboxylic acid groups (broad SMARTS) is 1. The molecular weight excluding hydrogens is 248 g/mol. The van der Waals surface area contributed by atoms with Gasteiger partial charge in [0.1, 0.15) is 0 Å². The number of carboxylic acids is 1. The first kappa shape index (κ1) is 16.7. The highest BCUT2D eigenvalue weighted by atomic mass is 16.4. The zero-order valence-electron chi connectivity index (χ0n) is 12.7. The molecule has 0 bridgehead atoms. The van der Waals surface area contributed by atoms with Crippen molar-refractivity contribution in [1.82, 2.24) is 0 Å². The summed E-state index contributed by atoms with van der Waals surface area (Å²) in [6.07, 6.45) is 12.9. The standard InChI is InChI=1S/C18H28O2/c1-2-3-4-5-6-7-8-9-10-12-16-13-11-14-17(15-16)18(19)20/h11,13-15H,2-10,12H2,1H3,(H,19,20). The Labute approximate surface area is 123 Å². The molecule has 1 rings (SSSR count). The summed E-state index contributed by atoms with van der Waals surface area (Å²) in [5.41, 5.74) is 1.55. The van der Waals surface area contributed by atoms with E-state index in [1.807, 2.05) is 12.1 Å². The summed E-state index contributed by atoms with van der Waals surface area (Å²) >= 11 is 0. The Balaban J connectivity index is 2.06. The topological polar surface area (TPSA) is 37.3 Å². The van der Waals surface area contributed by atoms with Crippen LogP contribution in [0.5, 0.6) is 0 Å². The SMILES string of the molecule is CCCCCCCCCCCc1cccc(C(=O)O)c1. The van der Waals surface area contributed by atoms with Crippen molar-refractivity contribution in [1.29, 1.82) is 0 Å². The Morgan fingerprint density at radius 1 is 0.950 bits per heavy atom. The summed E-state index contributed by atoms with van der Waals surface area (Å²) in [5.74, 6) is -0.834. The summed E-state index contributed by atoms with van der Waals surface area (Å²) in [4.78, 5) is 10.9. The number of unbranched alkanes of at least 4 members (excludes halogenated alkanes) is 8. The van der Waals surface area contributed by atoms with Crippen molar-refractivity contribution in [2.75, 3.05) is 0 Å². The quantitative estimate of drug-likeness (QED) is 0.545. The molecule has 20 heavy (non-hydrogen) atoms. The molecule has 0 atom stereocenters. The number of hydrogen-bond donors (Lipinski definition) is 1. The minimum atomic E-state index is -0.834. The fourth-order valence-electron chi connectivity index (χ4n) is 2.50. The van der Waals surface area contributed by atoms with Crippen LogP contribution in [0.4, 0.5) is 0 Å². The first-order valence-corrected chi connectivity index (χ1v) is 8.06. The summed E-state index contributed by atoms with van der Waals surface area (Å²) in [5, 5.41) is 8.94. The number of benzene rings is 1. The van der Waals surface area contributed by atoms with Gasteiger partial charge in [-0.1, -0.05) is 70.4 Å². The van der Waals surface area contributed by atoms with E-state index in [4.69, 9.17) is 5.11 Å². The minimum absolute atomic E-state index is 0.401. The third kappa shape index (κ3) is 7.32. The van der Waals surface area contributed by atoms with Crippen LogP contribution in [-0.2, 0) is 6.42 Å². The Morgan fingerprint density at radius 3 is 2.15 bits per heavy atom. The molecule has 0 unspecified atom stereocenters. The van der Waals surface area contributed by atoms with Gasteiger partial charge in [-0.15, -0.1) is 0 Å². The van der Waals surface area contributed by atoms with Crippen LogP contribution in [0.2, 0.25) is 0 Å². The van der Waals surface area contributed by atoms with Crippen LogP contribution in [-0.4, -0.2) is 11.1 Å². The van der Waals surface area contributed by atoms with E-state index in [1.165, 1.54) is 51.4 Å². The average molecular weight is 276 g/mol. The van der Waals surface area contributed by atoms with E-state index in [0.717, 1.165) is 18.4 Å². The first-order valence-electron chi connectivity index (χ1n) is 8.06. The molecule has 0 aliphatic rings. The van der Waals surface area contributed by atoms with Gasteiger partial charge < -0.3 is 5.11 Å². The van der Waals surface area contributed by atoms with E-state index in [-0.39, 0.29) is 0 Å². The van der Waals surface area contributed by atoms with E-state index in [2.05, 4.69) is 6.92 Å². The lowest BCUT2D eigenvalue weighted by Gasteiger charge is -2.04. The molecule has 0 heterocycles. The van der Waals surface area contributed by atoms with Crippen molar-refractivity contribution in [3.05, 3.63) is 35.4 Å². The lowest BCUT2D eigenvalue weighted by Crippen LogP contribution is -1.97. The fourth-order valence-corrected chi connectivity index (χ4v) is 2.50. The maximum absolute atomic E-state index is 10.9. The maximum Gasteiger partial charge on any atom is 0.335 e. The van der Waals surface area contributed by atoms with Gasteiger partial charge in [0.05, 0.1) is 5.56 Å². The number of carbonyl (C=O) groups is 1. The maximum atomic E-state index is 10.9. The predicted molar refractivity (Wildman–Crippen MR) is 84.3 cm³/mol. The van der Waals surface area contributed by atoms with Crippen LogP contribution < -0.4 is 0 Å². The van der Waals surface area contributed by atoms with Gasteiger partial charge in [-0.3, -0.25) is 0 Å². The Bertz CT molecular complexity index is 385. The molecule has 1 aromatic rings. The van der Waals surface area contributed by atoms with Gasteiger partial charge in [0.25, 0.3) is 0 Å². The van der Waals surface area contributed by atoms with Gasteiger partial charge in [0.15, 0.2) is 0 Å². The normalized spacial score (nSPS) is 10.7. The van der Waals surface area contributed by atoms with E-state index in [1.54, 1.807) is 12.1 Å². The lowest BCUT2D eigenvalue weighted by atomic mass is 10.0. The fraction of sp³-hybridized carbons (Fsp3) is 0.611. The Hall–Kier alpha value is -1.31. The van der Waals surface area contributed by atoms with E-state index in [0.29, 0.717) is 5.56 Å². The number of rotatable bonds is 11. The first-order chi connectivity index (χ1) is 9.74. The third-order valence-corrected chi connectivity index (χ3v) is 3.74. The van der Waals surface area contributed by atoms with Crippen LogP contribution in [0.1, 0.15) is 80.6 Å². The molecule has 0 saturated heterocycles. The zero-order chi connectivity index (χ0) is 14.6. The van der Waals surface area contributed by atoms with Gasteiger partial charge >= 0.3 is 5.97 Å². The van der Waals surface area contributed by atoms with Gasteiger partial charge in [0.2, 0.25) is 0 Å². The van der Waals surface area contributed by atoms with Crippen molar-refractivity contribution in [2.45, 2.75) is 71.1 Å².